The number of esters is 1. The normalized spacial score (nSPS) is 19.0. The number of methoxy groups -OCH3 is 1. The number of hydrogen-bond donors (Lipinski definition) is 1. The number of nitrogens with zero attached hydrogens (tertiary/aromatic N) is 5. The maximum Gasteiger partial charge on any atom is 0.433 e. The average Bonchev–Trinajstić information content (AvgIpc) is 3.39. The first kappa shape index (κ1) is 19.8. The highest BCUT2D eigenvalue weighted by Crippen LogP contribution is 2.31. The van der Waals surface area contributed by atoms with Crippen molar-refractivity contribution in [2.45, 2.75) is 25.7 Å². The van der Waals surface area contributed by atoms with E-state index in [4.69, 9.17) is 9.15 Å². The summed E-state index contributed by atoms with van der Waals surface area (Å²) < 4.78 is 11.7. The number of carbonyl (C=O) groups is 1. The number of rotatable bonds is 6. The highest BCUT2D eigenvalue weighted by atomic mass is 16.6. The molecule has 0 bridgehead atoms. The van der Waals surface area contributed by atoms with Gasteiger partial charge < -0.3 is 14.5 Å². The predicted octanol–water partition coefficient (Wildman–Crippen LogP) is 2.92. The Balaban J connectivity index is 1.53. The number of anilines is 1. The van der Waals surface area contributed by atoms with Crippen LogP contribution in [-0.4, -0.2) is 44.3 Å². The maximum atomic E-state index is 11.7. The fraction of sp³-hybridized carbons (Fsp3) is 0.474. The number of nitrogens with one attached hydrogen (secondary N) is 1. The topological polar surface area (TPSA) is 138 Å². The molecular formula is C19H22N6O5. The van der Waals surface area contributed by atoms with Crippen LogP contribution in [0.2, 0.25) is 0 Å². The van der Waals surface area contributed by atoms with Crippen molar-refractivity contribution in [3.8, 4) is 11.6 Å². The SMILES string of the molecule is COC(=O)C1CCC(CNc2nc(-c3ccc([N+](=O)[O-])o3)nc3c2cnn3C)CC1. The second-order valence-corrected chi connectivity index (χ2v) is 7.42. The number of furan rings is 1. The van der Waals surface area contributed by atoms with Crippen LogP contribution in [0.4, 0.5) is 11.7 Å². The highest BCUT2D eigenvalue weighted by Gasteiger charge is 2.27. The van der Waals surface area contributed by atoms with Crippen LogP contribution in [0.5, 0.6) is 0 Å². The van der Waals surface area contributed by atoms with E-state index in [0.717, 1.165) is 31.1 Å². The van der Waals surface area contributed by atoms with Gasteiger partial charge in [-0.1, -0.05) is 0 Å². The predicted molar refractivity (Wildman–Crippen MR) is 107 cm³/mol. The molecule has 0 atom stereocenters. The third-order valence-electron chi connectivity index (χ3n) is 5.52. The molecule has 3 heterocycles. The zero-order valence-electron chi connectivity index (χ0n) is 16.7. The first-order chi connectivity index (χ1) is 14.5. The van der Waals surface area contributed by atoms with Crippen LogP contribution in [-0.2, 0) is 16.6 Å². The van der Waals surface area contributed by atoms with Crippen molar-refractivity contribution in [2.75, 3.05) is 19.0 Å². The lowest BCUT2D eigenvalue weighted by atomic mass is 9.82. The number of aromatic nitrogens is 4. The summed E-state index contributed by atoms with van der Waals surface area (Å²) in [6.45, 7) is 0.687. The van der Waals surface area contributed by atoms with E-state index in [9.17, 15) is 14.9 Å². The van der Waals surface area contributed by atoms with E-state index in [1.165, 1.54) is 19.2 Å². The van der Waals surface area contributed by atoms with Crippen molar-refractivity contribution >= 4 is 28.7 Å². The Hall–Kier alpha value is -3.50. The van der Waals surface area contributed by atoms with Crippen LogP contribution < -0.4 is 5.32 Å². The van der Waals surface area contributed by atoms with Gasteiger partial charge in [0.1, 0.15) is 10.7 Å². The van der Waals surface area contributed by atoms with Gasteiger partial charge in [0.15, 0.2) is 17.2 Å². The van der Waals surface area contributed by atoms with Gasteiger partial charge >= 0.3 is 11.9 Å². The van der Waals surface area contributed by atoms with E-state index in [0.29, 0.717) is 23.9 Å². The van der Waals surface area contributed by atoms with Crippen LogP contribution in [0.1, 0.15) is 25.7 Å². The van der Waals surface area contributed by atoms with Crippen LogP contribution in [0.25, 0.3) is 22.6 Å². The van der Waals surface area contributed by atoms with Crippen molar-refractivity contribution in [1.82, 2.24) is 19.7 Å². The Labute approximate surface area is 171 Å². The molecule has 0 aromatic carbocycles. The van der Waals surface area contributed by atoms with Gasteiger partial charge in [0.2, 0.25) is 0 Å². The first-order valence-electron chi connectivity index (χ1n) is 9.72. The van der Waals surface area contributed by atoms with E-state index >= 15 is 0 Å². The van der Waals surface area contributed by atoms with E-state index in [1.54, 1.807) is 17.9 Å². The van der Waals surface area contributed by atoms with Crippen LogP contribution in [0.3, 0.4) is 0 Å². The number of aryl methyl sites for hydroxylation is 1. The minimum absolute atomic E-state index is 0.0170. The molecule has 3 aromatic rings. The van der Waals surface area contributed by atoms with Crippen molar-refractivity contribution in [2.24, 2.45) is 18.9 Å². The second-order valence-electron chi connectivity index (χ2n) is 7.42. The summed E-state index contributed by atoms with van der Waals surface area (Å²) in [4.78, 5) is 31.0. The van der Waals surface area contributed by atoms with Crippen LogP contribution >= 0.6 is 0 Å². The molecule has 1 fully saturated rings. The molecule has 1 aliphatic rings. The molecule has 3 aromatic heterocycles. The molecule has 1 N–H and O–H groups in total. The Morgan fingerprint density at radius 1 is 1.33 bits per heavy atom. The molecule has 1 saturated carbocycles. The lowest BCUT2D eigenvalue weighted by Crippen LogP contribution is -2.26. The van der Waals surface area contributed by atoms with Crippen molar-refractivity contribution in [3.05, 3.63) is 28.4 Å². The molecule has 0 unspecified atom stereocenters. The van der Waals surface area contributed by atoms with Crippen molar-refractivity contribution < 1.29 is 18.9 Å². The maximum absolute atomic E-state index is 11.7. The molecule has 0 aliphatic heterocycles. The van der Waals surface area contributed by atoms with Crippen molar-refractivity contribution in [1.29, 1.82) is 0 Å². The number of fused-ring (bicyclic) bond motifs is 1. The molecule has 0 radical (unpaired) electrons. The molecule has 11 nitrogen and oxygen atoms in total. The van der Waals surface area contributed by atoms with E-state index in [-0.39, 0.29) is 29.4 Å². The van der Waals surface area contributed by atoms with Gasteiger partial charge in [-0.2, -0.15) is 5.10 Å². The summed E-state index contributed by atoms with van der Waals surface area (Å²) in [6, 6.07) is 2.76. The Bertz CT molecular complexity index is 1080. The number of nitro groups is 1. The van der Waals surface area contributed by atoms with Gasteiger partial charge in [-0.15, -0.1) is 0 Å². The summed E-state index contributed by atoms with van der Waals surface area (Å²) in [5, 5.41) is 19.3. The van der Waals surface area contributed by atoms with Gasteiger partial charge in [0.25, 0.3) is 0 Å². The highest BCUT2D eigenvalue weighted by molar-refractivity contribution is 5.87. The van der Waals surface area contributed by atoms with E-state index < -0.39 is 4.92 Å². The third kappa shape index (κ3) is 3.82. The zero-order chi connectivity index (χ0) is 21.3. The van der Waals surface area contributed by atoms with Crippen LogP contribution in [0, 0.1) is 22.0 Å². The molecule has 11 heteroatoms. The Morgan fingerprint density at radius 2 is 2.10 bits per heavy atom. The van der Waals surface area contributed by atoms with Gasteiger partial charge in [-0.3, -0.25) is 19.6 Å². The molecule has 0 saturated heterocycles. The largest absolute Gasteiger partial charge is 0.469 e. The average molecular weight is 414 g/mol. The van der Waals surface area contributed by atoms with Gasteiger partial charge in [0.05, 0.1) is 30.7 Å². The van der Waals surface area contributed by atoms with Gasteiger partial charge in [-0.25, -0.2) is 9.97 Å². The van der Waals surface area contributed by atoms with Gasteiger partial charge in [-0.05, 0) is 37.7 Å². The zero-order valence-corrected chi connectivity index (χ0v) is 16.7. The molecule has 158 valence electrons. The number of ether oxygens (including phenoxy) is 1. The fourth-order valence-electron chi connectivity index (χ4n) is 3.82. The molecule has 4 rings (SSSR count). The summed E-state index contributed by atoms with van der Waals surface area (Å²) in [5.74, 6) is 0.944. The smallest absolute Gasteiger partial charge is 0.433 e. The molecule has 30 heavy (non-hydrogen) atoms. The summed E-state index contributed by atoms with van der Waals surface area (Å²) in [7, 11) is 3.19. The summed E-state index contributed by atoms with van der Waals surface area (Å²) in [6.07, 6.45) is 5.15. The lowest BCUT2D eigenvalue weighted by molar-refractivity contribution is -0.401. The van der Waals surface area contributed by atoms with Crippen LogP contribution in [0.15, 0.2) is 22.7 Å². The Morgan fingerprint density at radius 3 is 2.77 bits per heavy atom. The molecule has 0 amide bonds. The number of carbonyl (C=O) groups excluding carboxylic acids is 1. The molecule has 0 spiro atoms. The number of hydrogen-bond acceptors (Lipinski definition) is 9. The standard InChI is InChI=1S/C19H22N6O5/c1-24-18-13(10-21-24)16(20-9-11-3-5-12(6-4-11)19(26)29-2)22-17(23-18)14-7-8-15(30-14)25(27)28/h7-8,10-12H,3-6,9H2,1-2H3,(H,20,22,23). The summed E-state index contributed by atoms with van der Waals surface area (Å²) in [5.41, 5.74) is 0.593. The third-order valence-corrected chi connectivity index (χ3v) is 5.52. The molecular weight excluding hydrogens is 392 g/mol. The minimum atomic E-state index is -0.601. The summed E-state index contributed by atoms with van der Waals surface area (Å²) >= 11 is 0. The van der Waals surface area contributed by atoms with Crippen molar-refractivity contribution in [3.63, 3.8) is 0 Å². The quantitative estimate of drug-likeness (QED) is 0.366. The first-order valence-corrected chi connectivity index (χ1v) is 9.72. The lowest BCUT2D eigenvalue weighted by Gasteiger charge is -2.27. The second kappa shape index (κ2) is 8.09. The van der Waals surface area contributed by atoms with E-state index in [1.807, 2.05) is 0 Å². The van der Waals surface area contributed by atoms with E-state index in [2.05, 4.69) is 20.4 Å². The molecule has 1 aliphatic carbocycles. The minimum Gasteiger partial charge on any atom is -0.469 e. The van der Waals surface area contributed by atoms with Gasteiger partial charge in [0, 0.05) is 13.6 Å². The Kier molecular flexibility index (Phi) is 5.34. The monoisotopic (exact) mass is 414 g/mol. The fourth-order valence-corrected chi connectivity index (χ4v) is 3.82.